The molecule has 0 bridgehead atoms. The summed E-state index contributed by atoms with van der Waals surface area (Å²) in [7, 11) is 0. The monoisotopic (exact) mass is 238 g/mol. The largest absolute Gasteiger partial charge is 0.481 e. The van der Waals surface area contributed by atoms with E-state index in [4.69, 9.17) is 0 Å². The number of carboxylic acid groups (broad SMARTS) is 1. The highest BCUT2D eigenvalue weighted by Crippen LogP contribution is 2.57. The second-order valence-corrected chi connectivity index (χ2v) is 5.98. The highest BCUT2D eigenvalue weighted by molar-refractivity contribution is 5.79. The second kappa shape index (κ2) is 4.25. The number of carbonyl (C=O) groups is 1. The summed E-state index contributed by atoms with van der Waals surface area (Å²) in [5.74, 6) is -0.0867. The molecule has 0 aromatic carbocycles. The summed E-state index contributed by atoms with van der Waals surface area (Å²) < 4.78 is 0. The SMILES string of the molecule is O=C(O)C12CC1CCN(CCN1CCCC1)C2. The molecule has 3 aliphatic rings. The molecule has 0 aromatic heterocycles. The predicted molar refractivity (Wildman–Crippen MR) is 64.9 cm³/mol. The molecule has 0 amide bonds. The summed E-state index contributed by atoms with van der Waals surface area (Å²) in [5, 5.41) is 9.30. The van der Waals surface area contributed by atoms with Crippen molar-refractivity contribution >= 4 is 5.97 Å². The van der Waals surface area contributed by atoms with E-state index in [-0.39, 0.29) is 5.41 Å². The van der Waals surface area contributed by atoms with Gasteiger partial charge in [-0.05, 0) is 51.2 Å². The summed E-state index contributed by atoms with van der Waals surface area (Å²) >= 11 is 0. The lowest BCUT2D eigenvalue weighted by Crippen LogP contribution is -2.43. The van der Waals surface area contributed by atoms with Gasteiger partial charge in [0, 0.05) is 19.6 Å². The Labute approximate surface area is 103 Å². The molecule has 3 fully saturated rings. The van der Waals surface area contributed by atoms with Crippen LogP contribution in [0.4, 0.5) is 0 Å². The minimum Gasteiger partial charge on any atom is -0.481 e. The number of aliphatic carboxylic acids is 1. The van der Waals surface area contributed by atoms with Crippen LogP contribution in [0.1, 0.15) is 25.7 Å². The maximum absolute atomic E-state index is 11.3. The molecule has 2 unspecified atom stereocenters. The van der Waals surface area contributed by atoms with Crippen LogP contribution >= 0.6 is 0 Å². The van der Waals surface area contributed by atoms with Crippen LogP contribution < -0.4 is 0 Å². The molecule has 0 radical (unpaired) electrons. The van der Waals surface area contributed by atoms with Gasteiger partial charge in [0.2, 0.25) is 0 Å². The lowest BCUT2D eigenvalue weighted by molar-refractivity contribution is -0.145. The molecule has 4 heteroatoms. The Bertz CT molecular complexity index is 315. The molecule has 2 saturated heterocycles. The Morgan fingerprint density at radius 1 is 1.18 bits per heavy atom. The number of carboxylic acids is 1. The van der Waals surface area contributed by atoms with Gasteiger partial charge >= 0.3 is 5.97 Å². The number of fused-ring (bicyclic) bond motifs is 1. The zero-order chi connectivity index (χ0) is 11.9. The Kier molecular flexibility index (Phi) is 2.87. The minimum atomic E-state index is -0.562. The predicted octanol–water partition coefficient (Wildman–Crippen LogP) is 0.879. The normalized spacial score (nSPS) is 38.0. The minimum absolute atomic E-state index is 0.358. The number of piperidine rings is 1. The first-order chi connectivity index (χ1) is 8.21. The molecule has 4 nitrogen and oxygen atoms in total. The fraction of sp³-hybridized carbons (Fsp3) is 0.923. The van der Waals surface area contributed by atoms with Gasteiger partial charge in [-0.25, -0.2) is 0 Å². The van der Waals surface area contributed by atoms with Gasteiger partial charge in [-0.3, -0.25) is 4.79 Å². The van der Waals surface area contributed by atoms with E-state index in [2.05, 4.69) is 9.80 Å². The Morgan fingerprint density at radius 2 is 1.88 bits per heavy atom. The van der Waals surface area contributed by atoms with Crippen LogP contribution in [0.15, 0.2) is 0 Å². The molecule has 0 aromatic rings. The molecular weight excluding hydrogens is 216 g/mol. The van der Waals surface area contributed by atoms with Gasteiger partial charge in [-0.2, -0.15) is 0 Å². The number of hydrogen-bond donors (Lipinski definition) is 1. The van der Waals surface area contributed by atoms with Gasteiger partial charge in [0.25, 0.3) is 0 Å². The molecule has 0 spiro atoms. The van der Waals surface area contributed by atoms with Gasteiger partial charge in [0.05, 0.1) is 5.41 Å². The molecule has 17 heavy (non-hydrogen) atoms. The molecule has 1 saturated carbocycles. The summed E-state index contributed by atoms with van der Waals surface area (Å²) in [6, 6.07) is 0. The van der Waals surface area contributed by atoms with E-state index in [1.54, 1.807) is 0 Å². The quantitative estimate of drug-likeness (QED) is 0.789. The average Bonchev–Trinajstić information content (AvgIpc) is 2.83. The van der Waals surface area contributed by atoms with Crippen LogP contribution in [0, 0.1) is 11.3 Å². The third-order valence-corrected chi connectivity index (χ3v) is 4.89. The highest BCUT2D eigenvalue weighted by atomic mass is 16.4. The van der Waals surface area contributed by atoms with Gasteiger partial charge < -0.3 is 14.9 Å². The fourth-order valence-corrected chi connectivity index (χ4v) is 3.58. The average molecular weight is 238 g/mol. The van der Waals surface area contributed by atoms with Crippen molar-refractivity contribution in [3.63, 3.8) is 0 Å². The van der Waals surface area contributed by atoms with Gasteiger partial charge in [0.1, 0.15) is 0 Å². The Hall–Kier alpha value is -0.610. The molecule has 96 valence electrons. The number of hydrogen-bond acceptors (Lipinski definition) is 3. The van der Waals surface area contributed by atoms with E-state index in [9.17, 15) is 9.90 Å². The van der Waals surface area contributed by atoms with Crippen molar-refractivity contribution in [1.82, 2.24) is 9.80 Å². The fourth-order valence-electron chi connectivity index (χ4n) is 3.58. The van der Waals surface area contributed by atoms with Crippen molar-refractivity contribution in [2.45, 2.75) is 25.7 Å². The number of nitrogens with zero attached hydrogens (tertiary/aromatic N) is 2. The van der Waals surface area contributed by atoms with Crippen LogP contribution in [0.2, 0.25) is 0 Å². The summed E-state index contributed by atoms with van der Waals surface area (Å²) in [6.07, 6.45) is 4.68. The van der Waals surface area contributed by atoms with Crippen LogP contribution in [0.3, 0.4) is 0 Å². The summed E-state index contributed by atoms with van der Waals surface area (Å²) in [6.45, 7) is 6.55. The maximum Gasteiger partial charge on any atom is 0.311 e. The van der Waals surface area contributed by atoms with E-state index >= 15 is 0 Å². The van der Waals surface area contributed by atoms with Crippen molar-refractivity contribution in [2.75, 3.05) is 39.3 Å². The number of rotatable bonds is 4. The third kappa shape index (κ3) is 2.08. The topological polar surface area (TPSA) is 43.8 Å². The first-order valence-corrected chi connectivity index (χ1v) is 6.89. The highest BCUT2D eigenvalue weighted by Gasteiger charge is 2.62. The molecule has 1 N–H and O–H groups in total. The first-order valence-electron chi connectivity index (χ1n) is 6.89. The van der Waals surface area contributed by atoms with Crippen molar-refractivity contribution in [2.24, 2.45) is 11.3 Å². The molecule has 2 atom stereocenters. The maximum atomic E-state index is 11.3. The zero-order valence-corrected chi connectivity index (χ0v) is 10.4. The van der Waals surface area contributed by atoms with Crippen LogP contribution in [0.25, 0.3) is 0 Å². The van der Waals surface area contributed by atoms with Crippen molar-refractivity contribution < 1.29 is 9.90 Å². The summed E-state index contributed by atoms with van der Waals surface area (Å²) in [5.41, 5.74) is -0.358. The standard InChI is InChI=1S/C13H22N2O2/c16-12(17)13-9-11(13)3-6-15(10-13)8-7-14-4-1-2-5-14/h11H,1-10H2,(H,16,17). The van der Waals surface area contributed by atoms with E-state index in [0.29, 0.717) is 5.92 Å². The van der Waals surface area contributed by atoms with Crippen molar-refractivity contribution in [3.8, 4) is 0 Å². The molecule has 3 rings (SSSR count). The first kappa shape index (κ1) is 11.5. The Balaban J connectivity index is 1.49. The smallest absolute Gasteiger partial charge is 0.311 e. The lowest BCUT2D eigenvalue weighted by Gasteiger charge is -2.31. The third-order valence-electron chi connectivity index (χ3n) is 4.89. The van der Waals surface area contributed by atoms with Gasteiger partial charge in [0.15, 0.2) is 0 Å². The van der Waals surface area contributed by atoms with Crippen LogP contribution in [-0.2, 0) is 4.79 Å². The number of likely N-dealkylation sites (tertiary alicyclic amines) is 2. The van der Waals surface area contributed by atoms with Crippen LogP contribution in [-0.4, -0.2) is 60.1 Å². The molecule has 2 heterocycles. The van der Waals surface area contributed by atoms with E-state index < -0.39 is 5.97 Å². The zero-order valence-electron chi connectivity index (χ0n) is 10.4. The molecule has 1 aliphatic carbocycles. The van der Waals surface area contributed by atoms with E-state index in [0.717, 1.165) is 39.0 Å². The van der Waals surface area contributed by atoms with Crippen LogP contribution in [0.5, 0.6) is 0 Å². The van der Waals surface area contributed by atoms with Crippen molar-refractivity contribution in [3.05, 3.63) is 0 Å². The van der Waals surface area contributed by atoms with Gasteiger partial charge in [-0.15, -0.1) is 0 Å². The Morgan fingerprint density at radius 3 is 2.59 bits per heavy atom. The van der Waals surface area contributed by atoms with E-state index in [1.807, 2.05) is 0 Å². The van der Waals surface area contributed by atoms with Crippen molar-refractivity contribution in [1.29, 1.82) is 0 Å². The second-order valence-electron chi connectivity index (χ2n) is 5.98. The molecule has 2 aliphatic heterocycles. The molecular formula is C13H22N2O2. The van der Waals surface area contributed by atoms with E-state index in [1.165, 1.54) is 25.9 Å². The summed E-state index contributed by atoms with van der Waals surface area (Å²) in [4.78, 5) is 16.2. The van der Waals surface area contributed by atoms with Gasteiger partial charge in [-0.1, -0.05) is 0 Å². The lowest BCUT2D eigenvalue weighted by atomic mass is 9.97.